The maximum atomic E-state index is 9.87. The monoisotopic (exact) mass is 277 g/mol. The largest absolute Gasteiger partial charge is 0.507 e. The third-order valence-electron chi connectivity index (χ3n) is 2.88. The number of phenolic OH excluding ortho intramolecular Hbond substituents is 1. The van der Waals surface area contributed by atoms with Crippen LogP contribution in [0.5, 0.6) is 11.5 Å². The maximum absolute atomic E-state index is 9.87. The third-order valence-corrected chi connectivity index (χ3v) is 3.21. The number of methoxy groups -OCH3 is 1. The van der Waals surface area contributed by atoms with Crippen LogP contribution >= 0.6 is 11.6 Å². The normalized spacial score (nSPS) is 10.3. The molecule has 100 valence electrons. The number of benzene rings is 2. The average molecular weight is 278 g/mol. The Labute approximate surface area is 117 Å². The minimum atomic E-state index is 0.204. The van der Waals surface area contributed by atoms with Crippen molar-refractivity contribution in [2.45, 2.75) is 13.5 Å². The number of anilines is 1. The molecule has 3 nitrogen and oxygen atoms in total. The number of hydrogen-bond donors (Lipinski definition) is 2. The van der Waals surface area contributed by atoms with Crippen molar-refractivity contribution >= 4 is 17.3 Å². The fourth-order valence-electron chi connectivity index (χ4n) is 1.79. The standard InChI is InChI=1S/C15H16ClNO2/c1-10-3-6-13(16)14(7-10)17-9-11-4-5-12(19-2)8-15(11)18/h3-8,17-18H,9H2,1-2H3. The van der Waals surface area contributed by atoms with E-state index in [4.69, 9.17) is 16.3 Å². The highest BCUT2D eigenvalue weighted by Crippen LogP contribution is 2.27. The van der Waals surface area contributed by atoms with Gasteiger partial charge in [-0.2, -0.15) is 0 Å². The lowest BCUT2D eigenvalue weighted by Gasteiger charge is -2.11. The van der Waals surface area contributed by atoms with Crippen LogP contribution in [0.3, 0.4) is 0 Å². The number of halogens is 1. The summed E-state index contributed by atoms with van der Waals surface area (Å²) in [6.45, 7) is 2.51. The number of ether oxygens (including phenoxy) is 1. The molecule has 2 N–H and O–H groups in total. The Hall–Kier alpha value is -1.87. The zero-order valence-corrected chi connectivity index (χ0v) is 11.7. The van der Waals surface area contributed by atoms with Crippen molar-refractivity contribution in [3.05, 3.63) is 52.5 Å². The van der Waals surface area contributed by atoms with E-state index in [9.17, 15) is 5.11 Å². The molecule has 0 bridgehead atoms. The van der Waals surface area contributed by atoms with Crippen molar-refractivity contribution in [2.24, 2.45) is 0 Å². The van der Waals surface area contributed by atoms with Crippen molar-refractivity contribution in [1.82, 2.24) is 0 Å². The fourth-order valence-corrected chi connectivity index (χ4v) is 1.97. The van der Waals surface area contributed by atoms with E-state index in [0.717, 1.165) is 16.8 Å². The van der Waals surface area contributed by atoms with Crippen molar-refractivity contribution in [3.63, 3.8) is 0 Å². The van der Waals surface area contributed by atoms with Crippen LogP contribution in [0.2, 0.25) is 5.02 Å². The van der Waals surface area contributed by atoms with Gasteiger partial charge >= 0.3 is 0 Å². The summed E-state index contributed by atoms with van der Waals surface area (Å²) in [5.74, 6) is 0.838. The summed E-state index contributed by atoms with van der Waals surface area (Å²) >= 11 is 6.10. The zero-order valence-electron chi connectivity index (χ0n) is 10.9. The molecule has 0 aliphatic carbocycles. The number of aryl methyl sites for hydroxylation is 1. The number of aromatic hydroxyl groups is 1. The molecule has 0 saturated heterocycles. The van der Waals surface area contributed by atoms with Gasteiger partial charge < -0.3 is 15.2 Å². The Morgan fingerprint density at radius 1 is 1.21 bits per heavy atom. The van der Waals surface area contributed by atoms with Crippen molar-refractivity contribution < 1.29 is 9.84 Å². The van der Waals surface area contributed by atoms with Gasteiger partial charge in [0.05, 0.1) is 17.8 Å². The molecule has 0 heterocycles. The van der Waals surface area contributed by atoms with Crippen molar-refractivity contribution in [2.75, 3.05) is 12.4 Å². The van der Waals surface area contributed by atoms with Crippen molar-refractivity contribution in [3.8, 4) is 11.5 Å². The van der Waals surface area contributed by atoms with E-state index in [1.807, 2.05) is 37.3 Å². The minimum Gasteiger partial charge on any atom is -0.507 e. The zero-order chi connectivity index (χ0) is 13.8. The third kappa shape index (κ3) is 3.32. The Bertz CT molecular complexity index is 584. The van der Waals surface area contributed by atoms with E-state index in [-0.39, 0.29) is 5.75 Å². The van der Waals surface area contributed by atoms with Crippen LogP contribution in [0.25, 0.3) is 0 Å². The van der Waals surface area contributed by atoms with Crippen LogP contribution in [0, 0.1) is 6.92 Å². The molecule has 2 aromatic rings. The maximum Gasteiger partial charge on any atom is 0.124 e. The van der Waals surface area contributed by atoms with Gasteiger partial charge in [0.1, 0.15) is 11.5 Å². The molecule has 0 aliphatic heterocycles. The van der Waals surface area contributed by atoms with Gasteiger partial charge in [0.2, 0.25) is 0 Å². The number of hydrogen-bond acceptors (Lipinski definition) is 3. The molecule has 2 aromatic carbocycles. The van der Waals surface area contributed by atoms with Crippen LogP contribution in [0.1, 0.15) is 11.1 Å². The van der Waals surface area contributed by atoms with E-state index < -0.39 is 0 Å². The molecular weight excluding hydrogens is 262 g/mol. The second-order valence-corrected chi connectivity index (χ2v) is 4.74. The number of nitrogens with one attached hydrogen (secondary N) is 1. The molecule has 0 amide bonds. The Morgan fingerprint density at radius 2 is 2.00 bits per heavy atom. The molecule has 0 aliphatic rings. The van der Waals surface area contributed by atoms with Crippen LogP contribution in [-0.4, -0.2) is 12.2 Å². The van der Waals surface area contributed by atoms with Gasteiger partial charge in [0, 0.05) is 18.2 Å². The smallest absolute Gasteiger partial charge is 0.124 e. The van der Waals surface area contributed by atoms with Crippen LogP contribution in [0.15, 0.2) is 36.4 Å². The molecule has 0 fully saturated rings. The summed E-state index contributed by atoms with van der Waals surface area (Å²) in [6.07, 6.45) is 0. The quantitative estimate of drug-likeness (QED) is 0.888. The van der Waals surface area contributed by atoms with Gasteiger partial charge in [-0.15, -0.1) is 0 Å². The average Bonchev–Trinajstić information content (AvgIpc) is 2.40. The molecule has 0 saturated carbocycles. The second-order valence-electron chi connectivity index (χ2n) is 4.33. The minimum absolute atomic E-state index is 0.204. The summed E-state index contributed by atoms with van der Waals surface area (Å²) < 4.78 is 5.05. The first-order valence-electron chi connectivity index (χ1n) is 5.96. The first-order chi connectivity index (χ1) is 9.10. The lowest BCUT2D eigenvalue weighted by molar-refractivity contribution is 0.406. The number of phenols is 1. The van der Waals surface area contributed by atoms with Gasteiger partial charge in [-0.05, 0) is 36.8 Å². The molecule has 2 rings (SSSR count). The molecule has 0 aromatic heterocycles. The number of rotatable bonds is 4. The summed E-state index contributed by atoms with van der Waals surface area (Å²) in [5.41, 5.74) is 2.78. The molecule has 0 atom stereocenters. The predicted molar refractivity (Wildman–Crippen MR) is 78.2 cm³/mol. The summed E-state index contributed by atoms with van der Waals surface area (Å²) in [5, 5.41) is 13.8. The highest BCUT2D eigenvalue weighted by atomic mass is 35.5. The van der Waals surface area contributed by atoms with Crippen LogP contribution < -0.4 is 10.1 Å². The topological polar surface area (TPSA) is 41.5 Å². The van der Waals surface area contributed by atoms with E-state index in [1.165, 1.54) is 0 Å². The summed E-state index contributed by atoms with van der Waals surface area (Å²) in [4.78, 5) is 0. The molecule has 19 heavy (non-hydrogen) atoms. The Balaban J connectivity index is 2.12. The fraction of sp³-hybridized carbons (Fsp3) is 0.200. The van der Waals surface area contributed by atoms with E-state index in [2.05, 4.69) is 5.32 Å². The summed E-state index contributed by atoms with van der Waals surface area (Å²) in [6, 6.07) is 11.0. The molecule has 0 unspecified atom stereocenters. The summed E-state index contributed by atoms with van der Waals surface area (Å²) in [7, 11) is 1.57. The Kier molecular flexibility index (Phi) is 4.17. The van der Waals surface area contributed by atoms with Gasteiger partial charge in [0.15, 0.2) is 0 Å². The predicted octanol–water partition coefficient (Wildman–Crippen LogP) is 3.97. The molecule has 0 spiro atoms. The lowest BCUT2D eigenvalue weighted by atomic mass is 10.1. The first kappa shape index (κ1) is 13.6. The van der Waals surface area contributed by atoms with Crippen LogP contribution in [0.4, 0.5) is 5.69 Å². The van der Waals surface area contributed by atoms with Gasteiger partial charge in [-0.3, -0.25) is 0 Å². The molecule has 0 radical (unpaired) electrons. The Morgan fingerprint density at radius 3 is 2.68 bits per heavy atom. The second kappa shape index (κ2) is 5.85. The van der Waals surface area contributed by atoms with E-state index in [0.29, 0.717) is 17.3 Å². The van der Waals surface area contributed by atoms with E-state index >= 15 is 0 Å². The van der Waals surface area contributed by atoms with Gasteiger partial charge in [-0.25, -0.2) is 0 Å². The van der Waals surface area contributed by atoms with Crippen molar-refractivity contribution in [1.29, 1.82) is 0 Å². The highest BCUT2D eigenvalue weighted by molar-refractivity contribution is 6.33. The molecule has 4 heteroatoms. The lowest BCUT2D eigenvalue weighted by Crippen LogP contribution is -2.00. The van der Waals surface area contributed by atoms with Crippen LogP contribution in [-0.2, 0) is 6.54 Å². The first-order valence-corrected chi connectivity index (χ1v) is 6.34. The van der Waals surface area contributed by atoms with Gasteiger partial charge in [0.25, 0.3) is 0 Å². The van der Waals surface area contributed by atoms with Gasteiger partial charge in [-0.1, -0.05) is 17.7 Å². The highest BCUT2D eigenvalue weighted by Gasteiger charge is 2.05. The molecular formula is C15H16ClNO2. The SMILES string of the molecule is COc1ccc(CNc2cc(C)ccc2Cl)c(O)c1. The van der Waals surface area contributed by atoms with E-state index in [1.54, 1.807) is 13.2 Å².